The molecule has 6 heteroatoms. The molecule has 0 fully saturated rings. The number of imidazole rings is 1. The minimum atomic E-state index is 0.260. The Hall–Kier alpha value is -2.89. The van der Waals surface area contributed by atoms with Crippen LogP contribution in [0.3, 0.4) is 0 Å². The second-order valence-electron chi connectivity index (χ2n) is 5.10. The van der Waals surface area contributed by atoms with Gasteiger partial charge < -0.3 is 23.9 Å². The van der Waals surface area contributed by atoms with Gasteiger partial charge in [-0.15, -0.1) is 0 Å². The highest BCUT2D eigenvalue weighted by Crippen LogP contribution is 2.35. The molecule has 1 aliphatic heterocycles. The highest BCUT2D eigenvalue weighted by Gasteiger charge is 2.16. The van der Waals surface area contributed by atoms with Crippen molar-refractivity contribution >= 4 is 11.0 Å². The minimum Gasteiger partial charge on any atom is -0.494 e. The molecule has 0 unspecified atom stereocenters. The average Bonchev–Trinajstić information content (AvgIpc) is 3.17. The van der Waals surface area contributed by atoms with Gasteiger partial charge in [0.15, 0.2) is 11.5 Å². The van der Waals surface area contributed by atoms with E-state index >= 15 is 0 Å². The summed E-state index contributed by atoms with van der Waals surface area (Å²) in [5, 5.41) is 0. The SMILES string of the molecule is CCOc1ccc(OCc2nc3cc4c(cc3[nH]2)OCO4)cc1. The van der Waals surface area contributed by atoms with Crippen LogP contribution < -0.4 is 18.9 Å². The summed E-state index contributed by atoms with van der Waals surface area (Å²) in [6.07, 6.45) is 0. The minimum absolute atomic E-state index is 0.260. The normalized spacial score (nSPS) is 12.6. The van der Waals surface area contributed by atoms with Crippen LogP contribution in [0.4, 0.5) is 0 Å². The van der Waals surface area contributed by atoms with E-state index in [0.29, 0.717) is 13.2 Å². The van der Waals surface area contributed by atoms with Crippen LogP contribution in [-0.4, -0.2) is 23.4 Å². The number of aromatic amines is 1. The Bertz CT molecular complexity index is 785. The molecule has 1 aliphatic rings. The van der Waals surface area contributed by atoms with Crippen molar-refractivity contribution < 1.29 is 18.9 Å². The molecule has 1 N–H and O–H groups in total. The van der Waals surface area contributed by atoms with Crippen LogP contribution in [0.25, 0.3) is 11.0 Å². The summed E-state index contributed by atoms with van der Waals surface area (Å²) < 4.78 is 21.9. The Morgan fingerprint density at radius 3 is 2.48 bits per heavy atom. The summed E-state index contributed by atoms with van der Waals surface area (Å²) in [6, 6.07) is 11.3. The van der Waals surface area contributed by atoms with Crippen LogP contribution in [-0.2, 0) is 6.61 Å². The van der Waals surface area contributed by atoms with E-state index in [4.69, 9.17) is 18.9 Å². The Morgan fingerprint density at radius 1 is 1.04 bits per heavy atom. The van der Waals surface area contributed by atoms with Gasteiger partial charge in [-0.05, 0) is 31.2 Å². The summed E-state index contributed by atoms with van der Waals surface area (Å²) >= 11 is 0. The zero-order valence-electron chi connectivity index (χ0n) is 12.7. The Morgan fingerprint density at radius 2 is 1.74 bits per heavy atom. The summed E-state index contributed by atoms with van der Waals surface area (Å²) in [4.78, 5) is 7.74. The van der Waals surface area contributed by atoms with Gasteiger partial charge in [0.2, 0.25) is 6.79 Å². The van der Waals surface area contributed by atoms with Gasteiger partial charge in [-0.2, -0.15) is 0 Å². The lowest BCUT2D eigenvalue weighted by Gasteiger charge is -2.06. The third kappa shape index (κ3) is 2.75. The van der Waals surface area contributed by atoms with Crippen molar-refractivity contribution in [3.8, 4) is 23.0 Å². The maximum absolute atomic E-state index is 5.74. The largest absolute Gasteiger partial charge is 0.494 e. The zero-order chi connectivity index (χ0) is 15.6. The van der Waals surface area contributed by atoms with Gasteiger partial charge in [-0.1, -0.05) is 0 Å². The molecule has 6 nitrogen and oxygen atoms in total. The lowest BCUT2D eigenvalue weighted by Crippen LogP contribution is -1.97. The van der Waals surface area contributed by atoms with Crippen molar-refractivity contribution in [2.45, 2.75) is 13.5 Å². The summed E-state index contributed by atoms with van der Waals surface area (Å²) in [5.41, 5.74) is 1.74. The van der Waals surface area contributed by atoms with E-state index in [1.807, 2.05) is 43.3 Å². The number of aromatic nitrogens is 2. The van der Waals surface area contributed by atoms with Crippen molar-refractivity contribution in [2.24, 2.45) is 0 Å². The number of hydrogen-bond acceptors (Lipinski definition) is 5. The third-order valence-corrected chi connectivity index (χ3v) is 3.54. The van der Waals surface area contributed by atoms with Crippen molar-refractivity contribution in [2.75, 3.05) is 13.4 Å². The number of ether oxygens (including phenoxy) is 4. The van der Waals surface area contributed by atoms with Gasteiger partial charge in [0.25, 0.3) is 0 Å². The first-order valence-electron chi connectivity index (χ1n) is 7.46. The summed E-state index contributed by atoms with van der Waals surface area (Å²) in [6.45, 7) is 3.22. The van der Waals surface area contributed by atoms with Crippen LogP contribution >= 0.6 is 0 Å². The van der Waals surface area contributed by atoms with E-state index < -0.39 is 0 Å². The summed E-state index contributed by atoms with van der Waals surface area (Å²) in [7, 11) is 0. The standard InChI is InChI=1S/C17H16N2O4/c1-2-20-11-3-5-12(6-4-11)21-9-17-18-13-7-15-16(23-10-22-15)8-14(13)19-17/h3-8H,2,9-10H2,1H3,(H,18,19). The third-order valence-electron chi connectivity index (χ3n) is 3.54. The van der Waals surface area contributed by atoms with E-state index in [1.54, 1.807) is 0 Å². The number of hydrogen-bond donors (Lipinski definition) is 1. The molecule has 0 atom stereocenters. The second-order valence-corrected chi connectivity index (χ2v) is 5.10. The lowest BCUT2D eigenvalue weighted by atomic mass is 10.3. The van der Waals surface area contributed by atoms with Crippen molar-refractivity contribution in [1.82, 2.24) is 9.97 Å². The first-order chi connectivity index (χ1) is 11.3. The number of fused-ring (bicyclic) bond motifs is 2. The van der Waals surface area contributed by atoms with Gasteiger partial charge in [0, 0.05) is 12.1 Å². The van der Waals surface area contributed by atoms with E-state index in [2.05, 4.69) is 9.97 Å². The number of rotatable bonds is 5. The maximum atomic E-state index is 5.74. The van der Waals surface area contributed by atoms with E-state index in [1.165, 1.54) is 0 Å². The molecule has 1 aromatic heterocycles. The van der Waals surface area contributed by atoms with Gasteiger partial charge in [-0.3, -0.25) is 0 Å². The molecule has 23 heavy (non-hydrogen) atoms. The van der Waals surface area contributed by atoms with Crippen LogP contribution in [0, 0.1) is 0 Å². The molecule has 0 aliphatic carbocycles. The molecule has 0 saturated carbocycles. The van der Waals surface area contributed by atoms with Gasteiger partial charge in [0.05, 0.1) is 17.6 Å². The molecule has 2 heterocycles. The van der Waals surface area contributed by atoms with Crippen LogP contribution in [0.1, 0.15) is 12.7 Å². The van der Waals surface area contributed by atoms with Gasteiger partial charge in [0.1, 0.15) is 23.9 Å². The van der Waals surface area contributed by atoms with Crippen LogP contribution in [0.15, 0.2) is 36.4 Å². The number of nitrogens with one attached hydrogen (secondary N) is 1. The molecule has 2 aromatic carbocycles. The Labute approximate surface area is 133 Å². The van der Waals surface area contributed by atoms with Gasteiger partial charge >= 0.3 is 0 Å². The van der Waals surface area contributed by atoms with E-state index in [9.17, 15) is 0 Å². The maximum Gasteiger partial charge on any atom is 0.231 e. The molecular formula is C17H16N2O4. The van der Waals surface area contributed by atoms with Crippen LogP contribution in [0.2, 0.25) is 0 Å². The van der Waals surface area contributed by atoms with Crippen LogP contribution in [0.5, 0.6) is 23.0 Å². The fraction of sp³-hybridized carbons (Fsp3) is 0.235. The molecule has 0 spiro atoms. The number of benzene rings is 2. The molecule has 118 valence electrons. The first-order valence-corrected chi connectivity index (χ1v) is 7.46. The molecule has 0 amide bonds. The van der Waals surface area contributed by atoms with Crippen molar-refractivity contribution in [1.29, 1.82) is 0 Å². The molecule has 0 bridgehead atoms. The van der Waals surface area contributed by atoms with Gasteiger partial charge in [-0.25, -0.2) is 4.98 Å². The first kappa shape index (κ1) is 13.8. The number of H-pyrrole nitrogens is 1. The smallest absolute Gasteiger partial charge is 0.231 e. The highest BCUT2D eigenvalue weighted by molar-refractivity contribution is 5.80. The fourth-order valence-electron chi connectivity index (χ4n) is 2.47. The number of nitrogens with zero attached hydrogens (tertiary/aromatic N) is 1. The predicted octanol–water partition coefficient (Wildman–Crippen LogP) is 3.27. The molecule has 3 aromatic rings. The summed E-state index contributed by atoms with van der Waals surface area (Å²) in [5.74, 6) is 3.81. The monoisotopic (exact) mass is 312 g/mol. The average molecular weight is 312 g/mol. The quantitative estimate of drug-likeness (QED) is 0.783. The molecular weight excluding hydrogens is 296 g/mol. The second kappa shape index (κ2) is 5.72. The fourth-order valence-corrected chi connectivity index (χ4v) is 2.47. The van der Waals surface area contributed by atoms with Crippen molar-refractivity contribution in [3.05, 3.63) is 42.2 Å². The predicted molar refractivity (Wildman–Crippen MR) is 84.2 cm³/mol. The lowest BCUT2D eigenvalue weighted by molar-refractivity contribution is 0.174. The topological polar surface area (TPSA) is 65.6 Å². The van der Waals surface area contributed by atoms with E-state index in [-0.39, 0.29) is 6.79 Å². The van der Waals surface area contributed by atoms with E-state index in [0.717, 1.165) is 39.9 Å². The molecule has 0 saturated heterocycles. The zero-order valence-corrected chi connectivity index (χ0v) is 12.7. The highest BCUT2D eigenvalue weighted by atomic mass is 16.7. The Kier molecular flexibility index (Phi) is 3.42. The van der Waals surface area contributed by atoms with Crippen molar-refractivity contribution in [3.63, 3.8) is 0 Å². The molecule has 4 rings (SSSR count). The Balaban J connectivity index is 1.47. The molecule has 0 radical (unpaired) electrons.